The van der Waals surface area contributed by atoms with Crippen molar-refractivity contribution in [3.05, 3.63) is 42.4 Å². The zero-order valence-corrected chi connectivity index (χ0v) is 6.50. The second-order valence-electron chi connectivity index (χ2n) is 2.43. The van der Waals surface area contributed by atoms with E-state index >= 15 is 0 Å². The minimum atomic E-state index is -0.0231. The van der Waals surface area contributed by atoms with Crippen LogP contribution in [0, 0.1) is 14.0 Å². The Morgan fingerprint density at radius 3 is 2.36 bits per heavy atom. The first-order chi connectivity index (χ1) is 5.24. The van der Waals surface area contributed by atoms with Crippen molar-refractivity contribution in [3.8, 4) is 0 Å². The van der Waals surface area contributed by atoms with Crippen LogP contribution >= 0.6 is 0 Å². The Morgan fingerprint density at radius 1 is 1.36 bits per heavy atom. The molecule has 2 nitrogen and oxygen atoms in total. The molecule has 0 radical (unpaired) electrons. The van der Waals surface area contributed by atoms with Crippen molar-refractivity contribution in [3.63, 3.8) is 0 Å². The summed E-state index contributed by atoms with van der Waals surface area (Å²) in [6.07, 6.45) is 0. The van der Waals surface area contributed by atoms with E-state index in [1.54, 1.807) is 12.1 Å². The van der Waals surface area contributed by atoms with Gasteiger partial charge in [0.1, 0.15) is 0 Å². The Balaban J connectivity index is 2.90. The van der Waals surface area contributed by atoms with Crippen molar-refractivity contribution in [1.82, 2.24) is 0 Å². The molecule has 58 valence electrons. The maximum atomic E-state index is 11.0. The van der Waals surface area contributed by atoms with Crippen LogP contribution < -0.4 is 5.32 Å². The molecule has 1 amide bonds. The quantitative estimate of drug-likeness (QED) is 0.579. The number of aryl methyl sites for hydroxylation is 1. The SMILES string of the molecule is [CH2-][NH2+]C(=O)c1ccc(C)cc1. The van der Waals surface area contributed by atoms with E-state index in [1.165, 1.54) is 5.32 Å². The van der Waals surface area contributed by atoms with Crippen molar-refractivity contribution in [2.75, 3.05) is 0 Å². The first-order valence-electron chi connectivity index (χ1n) is 3.47. The largest absolute Gasteiger partial charge is 0.411 e. The number of carbonyl (C=O) groups is 1. The van der Waals surface area contributed by atoms with Gasteiger partial charge in [0.2, 0.25) is 0 Å². The molecule has 0 atom stereocenters. The molecule has 0 spiro atoms. The third kappa shape index (κ3) is 1.88. The molecule has 11 heavy (non-hydrogen) atoms. The lowest BCUT2D eigenvalue weighted by molar-refractivity contribution is -0.489. The molecule has 2 N–H and O–H groups in total. The molecule has 0 aliphatic rings. The van der Waals surface area contributed by atoms with Crippen molar-refractivity contribution in [2.45, 2.75) is 6.92 Å². The minimum Gasteiger partial charge on any atom is -0.411 e. The first-order valence-corrected chi connectivity index (χ1v) is 3.47. The third-order valence-corrected chi connectivity index (χ3v) is 1.52. The Labute approximate surface area is 66.2 Å². The van der Waals surface area contributed by atoms with Crippen LogP contribution in [0.3, 0.4) is 0 Å². The fraction of sp³-hybridized carbons (Fsp3) is 0.111. The van der Waals surface area contributed by atoms with Gasteiger partial charge in [-0.1, -0.05) is 17.7 Å². The summed E-state index contributed by atoms with van der Waals surface area (Å²) < 4.78 is 0. The zero-order chi connectivity index (χ0) is 8.27. The second kappa shape index (κ2) is 3.30. The number of nitrogens with two attached hydrogens (primary N) is 1. The molecule has 0 saturated heterocycles. The maximum Gasteiger partial charge on any atom is 0.316 e. The molecule has 0 unspecified atom stereocenters. The van der Waals surface area contributed by atoms with Gasteiger partial charge in [0.05, 0.1) is 5.56 Å². The lowest BCUT2D eigenvalue weighted by Gasteiger charge is -1.97. The second-order valence-corrected chi connectivity index (χ2v) is 2.43. The molecule has 1 aromatic rings. The van der Waals surface area contributed by atoms with Crippen molar-refractivity contribution < 1.29 is 10.1 Å². The van der Waals surface area contributed by atoms with E-state index in [0.29, 0.717) is 5.56 Å². The standard InChI is InChI=1S/C9H11NO/c1-7-3-5-8(6-4-7)9(11)10-2/h3-6H,2,10H2,1H3. The van der Waals surface area contributed by atoms with Gasteiger partial charge in [0.15, 0.2) is 0 Å². The lowest BCUT2D eigenvalue weighted by atomic mass is 10.1. The smallest absolute Gasteiger partial charge is 0.316 e. The number of primary amides is 1. The topological polar surface area (TPSA) is 33.7 Å². The normalized spacial score (nSPS) is 9.64. The van der Waals surface area contributed by atoms with Crippen LogP contribution in [-0.4, -0.2) is 5.91 Å². The van der Waals surface area contributed by atoms with E-state index in [1.807, 2.05) is 19.1 Å². The number of hydrogen-bond donors (Lipinski definition) is 1. The maximum absolute atomic E-state index is 11.0. The molecule has 1 aromatic carbocycles. The molecule has 2 heteroatoms. The highest BCUT2D eigenvalue weighted by molar-refractivity contribution is 5.86. The number of amides is 1. The molecule has 0 aliphatic carbocycles. The van der Waals surface area contributed by atoms with E-state index in [0.717, 1.165) is 5.56 Å². The molecule has 0 bridgehead atoms. The van der Waals surface area contributed by atoms with Gasteiger partial charge < -0.3 is 5.32 Å². The van der Waals surface area contributed by atoms with Crippen LogP contribution in [-0.2, 0) is 0 Å². The minimum absolute atomic E-state index is 0.0231. The van der Waals surface area contributed by atoms with Gasteiger partial charge in [-0.2, -0.15) is 0 Å². The van der Waals surface area contributed by atoms with E-state index in [-0.39, 0.29) is 5.91 Å². The van der Waals surface area contributed by atoms with Gasteiger partial charge in [0, 0.05) is 0 Å². The summed E-state index contributed by atoms with van der Waals surface area (Å²) in [5.74, 6) is -0.0231. The summed E-state index contributed by atoms with van der Waals surface area (Å²) in [5.41, 5.74) is 1.86. The predicted molar refractivity (Wildman–Crippen MR) is 42.8 cm³/mol. The van der Waals surface area contributed by atoms with Gasteiger partial charge in [0.25, 0.3) is 0 Å². The Bertz CT molecular complexity index is 251. The number of hydrogen-bond acceptors (Lipinski definition) is 1. The Kier molecular flexibility index (Phi) is 2.39. The molecule has 1 rings (SSSR count). The van der Waals surface area contributed by atoms with Crippen LogP contribution in [0.5, 0.6) is 0 Å². The molecule has 0 fully saturated rings. The van der Waals surface area contributed by atoms with Gasteiger partial charge in [-0.25, -0.2) is 4.79 Å². The Hall–Kier alpha value is -1.15. The highest BCUT2D eigenvalue weighted by Gasteiger charge is 2.01. The average Bonchev–Trinajstić information content (AvgIpc) is 2.05. The van der Waals surface area contributed by atoms with Crippen LogP contribution in [0.4, 0.5) is 0 Å². The van der Waals surface area contributed by atoms with Gasteiger partial charge in [-0.15, -0.1) is 7.05 Å². The predicted octanol–water partition coefficient (Wildman–Crippen LogP) is 0.490. The third-order valence-electron chi connectivity index (χ3n) is 1.52. The van der Waals surface area contributed by atoms with Gasteiger partial charge >= 0.3 is 5.91 Å². The molecule has 0 heterocycles. The summed E-state index contributed by atoms with van der Waals surface area (Å²) >= 11 is 0. The number of benzene rings is 1. The molecular weight excluding hydrogens is 138 g/mol. The van der Waals surface area contributed by atoms with Gasteiger partial charge in [-0.05, 0) is 19.1 Å². The number of quaternary nitrogens is 1. The molecule has 0 aliphatic heterocycles. The molecular formula is C9H11NO. The van der Waals surface area contributed by atoms with E-state index < -0.39 is 0 Å². The van der Waals surface area contributed by atoms with E-state index in [4.69, 9.17) is 0 Å². The van der Waals surface area contributed by atoms with E-state index in [2.05, 4.69) is 7.05 Å². The number of rotatable bonds is 1. The Morgan fingerprint density at radius 2 is 1.91 bits per heavy atom. The monoisotopic (exact) mass is 149 g/mol. The van der Waals surface area contributed by atoms with Crippen LogP contribution in [0.2, 0.25) is 0 Å². The summed E-state index contributed by atoms with van der Waals surface area (Å²) in [4.78, 5) is 11.0. The highest BCUT2D eigenvalue weighted by atomic mass is 16.1. The van der Waals surface area contributed by atoms with Crippen LogP contribution in [0.25, 0.3) is 0 Å². The number of carbonyl (C=O) groups excluding carboxylic acids is 1. The van der Waals surface area contributed by atoms with Crippen LogP contribution in [0.15, 0.2) is 24.3 Å². The van der Waals surface area contributed by atoms with Gasteiger partial charge in [-0.3, -0.25) is 0 Å². The molecule has 0 aromatic heterocycles. The lowest BCUT2D eigenvalue weighted by Crippen LogP contribution is -2.81. The highest BCUT2D eigenvalue weighted by Crippen LogP contribution is 2.00. The fourth-order valence-corrected chi connectivity index (χ4v) is 0.836. The first kappa shape index (κ1) is 7.95. The average molecular weight is 149 g/mol. The zero-order valence-electron chi connectivity index (χ0n) is 6.50. The summed E-state index contributed by atoms with van der Waals surface area (Å²) in [5, 5.41) is 1.32. The summed E-state index contributed by atoms with van der Waals surface area (Å²) in [6, 6.07) is 7.44. The van der Waals surface area contributed by atoms with Crippen LogP contribution in [0.1, 0.15) is 15.9 Å². The summed E-state index contributed by atoms with van der Waals surface area (Å²) in [6.45, 7) is 1.99. The molecule has 0 saturated carbocycles. The summed E-state index contributed by atoms with van der Waals surface area (Å²) in [7, 11) is 3.41. The van der Waals surface area contributed by atoms with E-state index in [9.17, 15) is 4.79 Å². The van der Waals surface area contributed by atoms with Crippen molar-refractivity contribution >= 4 is 5.91 Å². The van der Waals surface area contributed by atoms with Crippen molar-refractivity contribution in [2.24, 2.45) is 0 Å². The van der Waals surface area contributed by atoms with Crippen molar-refractivity contribution in [1.29, 1.82) is 0 Å². The fourth-order valence-electron chi connectivity index (χ4n) is 0.836.